The van der Waals surface area contributed by atoms with Crippen LogP contribution in [0.4, 0.5) is 21.0 Å². The minimum absolute atomic E-state index is 0.0804. The number of carbonyl (C=O) groups excluding carboxylic acids is 3. The topological polar surface area (TPSA) is 227 Å². The smallest absolute Gasteiger partial charge is 0.437 e. The Morgan fingerprint density at radius 2 is 1.41 bits per heavy atom. The van der Waals surface area contributed by atoms with Gasteiger partial charge in [-0.25, -0.2) is 9.59 Å². The summed E-state index contributed by atoms with van der Waals surface area (Å²) >= 11 is 4.54. The standard InChI is InChI=1S/C27H31N7O9S/c28-23(35)27(13-22(44)14-32(27)26(37)43-16-18-3-7-21(8-4-18)34(40)41)19-9-11-31(12-10-19)24(29)30-25(36)42-15-17-1-5-20(6-2-17)33(38)39/h1-8,19,22,44H,9-16H2,(H2,28,35)(H2,29,30,36)/t22-,27-/m0/s1. The number of hydrogen-bond acceptors (Lipinski definition) is 10. The molecule has 2 aromatic carbocycles. The van der Waals surface area contributed by atoms with Gasteiger partial charge in [-0.2, -0.15) is 12.6 Å². The molecule has 4 N–H and O–H groups in total. The highest BCUT2D eigenvalue weighted by Gasteiger charge is 2.57. The van der Waals surface area contributed by atoms with Crippen LogP contribution in [0.1, 0.15) is 30.4 Å². The van der Waals surface area contributed by atoms with Gasteiger partial charge in [0.1, 0.15) is 18.8 Å². The van der Waals surface area contributed by atoms with E-state index in [1.54, 1.807) is 4.90 Å². The molecule has 0 spiro atoms. The van der Waals surface area contributed by atoms with Crippen molar-refractivity contribution in [2.45, 2.75) is 43.3 Å². The minimum atomic E-state index is -1.36. The number of hydrogen-bond donors (Lipinski definition) is 3. The third-order valence-electron chi connectivity index (χ3n) is 7.79. The first-order valence-corrected chi connectivity index (χ1v) is 14.1. The van der Waals surface area contributed by atoms with E-state index in [0.29, 0.717) is 37.1 Å². The van der Waals surface area contributed by atoms with Crippen LogP contribution in [0.25, 0.3) is 0 Å². The number of carbonyl (C=O) groups is 3. The molecule has 2 aliphatic rings. The van der Waals surface area contributed by atoms with Crippen LogP contribution in [-0.4, -0.2) is 74.1 Å². The van der Waals surface area contributed by atoms with Gasteiger partial charge >= 0.3 is 12.2 Å². The average Bonchev–Trinajstić information content (AvgIpc) is 3.37. The molecule has 0 radical (unpaired) electrons. The Kier molecular flexibility index (Phi) is 9.87. The summed E-state index contributed by atoms with van der Waals surface area (Å²) < 4.78 is 10.6. The van der Waals surface area contributed by atoms with Crippen molar-refractivity contribution in [3.63, 3.8) is 0 Å². The highest BCUT2D eigenvalue weighted by atomic mass is 32.1. The van der Waals surface area contributed by atoms with Crippen LogP contribution in [0.5, 0.6) is 0 Å². The van der Waals surface area contributed by atoms with Crippen LogP contribution in [0.2, 0.25) is 0 Å². The lowest BCUT2D eigenvalue weighted by Crippen LogP contribution is -2.62. The van der Waals surface area contributed by atoms with E-state index in [9.17, 15) is 34.6 Å². The molecule has 0 aliphatic carbocycles. The molecular formula is C27H31N7O9S. The van der Waals surface area contributed by atoms with Crippen LogP contribution in [-0.2, 0) is 27.5 Å². The predicted octanol–water partition coefficient (Wildman–Crippen LogP) is 2.73. The van der Waals surface area contributed by atoms with Crippen molar-refractivity contribution in [2.24, 2.45) is 22.4 Å². The maximum absolute atomic E-state index is 13.2. The molecule has 2 saturated heterocycles. The Bertz CT molecular complexity index is 1450. The molecule has 0 aromatic heterocycles. The van der Waals surface area contributed by atoms with Gasteiger partial charge in [0.15, 0.2) is 0 Å². The van der Waals surface area contributed by atoms with Crippen molar-refractivity contribution in [1.29, 1.82) is 0 Å². The van der Waals surface area contributed by atoms with E-state index in [1.807, 2.05) is 0 Å². The first-order chi connectivity index (χ1) is 20.9. The highest BCUT2D eigenvalue weighted by Crippen LogP contribution is 2.43. The Hall–Kier alpha value is -4.93. The first-order valence-electron chi connectivity index (χ1n) is 13.6. The lowest BCUT2D eigenvalue weighted by atomic mass is 9.75. The zero-order valence-corrected chi connectivity index (χ0v) is 24.3. The molecular weight excluding hydrogens is 598 g/mol. The van der Waals surface area contributed by atoms with Gasteiger partial charge in [-0.05, 0) is 60.6 Å². The average molecular weight is 630 g/mol. The van der Waals surface area contributed by atoms with E-state index in [2.05, 4.69) is 17.6 Å². The molecule has 0 unspecified atom stereocenters. The number of ether oxygens (including phenoxy) is 2. The normalized spacial score (nSPS) is 20.7. The second-order valence-electron chi connectivity index (χ2n) is 10.4. The number of piperidine rings is 1. The highest BCUT2D eigenvalue weighted by molar-refractivity contribution is 7.81. The van der Waals surface area contributed by atoms with E-state index in [1.165, 1.54) is 53.4 Å². The molecule has 2 heterocycles. The Balaban J connectivity index is 1.36. The molecule has 2 aromatic rings. The van der Waals surface area contributed by atoms with E-state index in [4.69, 9.17) is 20.9 Å². The van der Waals surface area contributed by atoms with Gasteiger partial charge in [0.05, 0.1) is 9.85 Å². The molecule has 2 atom stereocenters. The summed E-state index contributed by atoms with van der Waals surface area (Å²) in [6.07, 6.45) is -0.681. The lowest BCUT2D eigenvalue weighted by Gasteiger charge is -2.45. The number of benzene rings is 2. The van der Waals surface area contributed by atoms with Crippen molar-refractivity contribution in [3.8, 4) is 0 Å². The Morgan fingerprint density at radius 3 is 1.89 bits per heavy atom. The fraction of sp³-hybridized carbons (Fsp3) is 0.407. The number of likely N-dealkylation sites (tertiary alicyclic amines) is 2. The predicted molar refractivity (Wildman–Crippen MR) is 159 cm³/mol. The van der Waals surface area contributed by atoms with Gasteiger partial charge in [0.25, 0.3) is 11.4 Å². The van der Waals surface area contributed by atoms with Crippen molar-refractivity contribution < 1.29 is 33.7 Å². The van der Waals surface area contributed by atoms with Crippen LogP contribution >= 0.6 is 12.6 Å². The third-order valence-corrected chi connectivity index (χ3v) is 8.13. The van der Waals surface area contributed by atoms with Gasteiger partial charge in [-0.15, -0.1) is 4.99 Å². The molecule has 2 aliphatic heterocycles. The third kappa shape index (κ3) is 7.16. The molecule has 17 heteroatoms. The summed E-state index contributed by atoms with van der Waals surface area (Å²) in [6, 6.07) is 11.1. The molecule has 3 amide bonds. The number of nitro benzene ring substituents is 2. The summed E-state index contributed by atoms with van der Waals surface area (Å²) in [5, 5.41) is 21.3. The summed E-state index contributed by atoms with van der Waals surface area (Å²) in [5.74, 6) is -1.12. The number of rotatable bonds is 8. The fourth-order valence-electron chi connectivity index (χ4n) is 5.55. The number of guanidine groups is 1. The largest absolute Gasteiger partial charge is 0.445 e. The van der Waals surface area contributed by atoms with Crippen molar-refractivity contribution in [2.75, 3.05) is 19.6 Å². The van der Waals surface area contributed by atoms with Crippen molar-refractivity contribution in [3.05, 3.63) is 79.9 Å². The monoisotopic (exact) mass is 629 g/mol. The number of nitrogens with zero attached hydrogens (tertiary/aromatic N) is 5. The van der Waals surface area contributed by atoms with Crippen LogP contribution in [0.3, 0.4) is 0 Å². The van der Waals surface area contributed by atoms with E-state index < -0.39 is 33.5 Å². The maximum Gasteiger partial charge on any atom is 0.437 e. The van der Waals surface area contributed by atoms with Gasteiger partial charge in [-0.3, -0.25) is 29.9 Å². The second-order valence-corrected chi connectivity index (χ2v) is 11.2. The summed E-state index contributed by atoms with van der Waals surface area (Å²) in [6.45, 7) is 0.444. The Labute approximate surface area is 256 Å². The summed E-state index contributed by atoms with van der Waals surface area (Å²) in [4.78, 5) is 65.8. The quantitative estimate of drug-likeness (QED) is 0.126. The van der Waals surface area contributed by atoms with Gasteiger partial charge in [0.2, 0.25) is 11.9 Å². The maximum atomic E-state index is 13.2. The summed E-state index contributed by atoms with van der Waals surface area (Å²) in [7, 11) is 0. The Morgan fingerprint density at radius 1 is 0.909 bits per heavy atom. The lowest BCUT2D eigenvalue weighted by molar-refractivity contribution is -0.385. The molecule has 0 bridgehead atoms. The first kappa shape index (κ1) is 32.0. The van der Waals surface area contributed by atoms with Crippen molar-refractivity contribution in [1.82, 2.24) is 9.80 Å². The van der Waals surface area contributed by atoms with Crippen LogP contribution < -0.4 is 11.5 Å². The van der Waals surface area contributed by atoms with Gasteiger partial charge in [0, 0.05) is 49.1 Å². The minimum Gasteiger partial charge on any atom is -0.445 e. The molecule has 44 heavy (non-hydrogen) atoms. The number of thiol groups is 1. The number of amides is 3. The zero-order valence-electron chi connectivity index (χ0n) is 23.4. The number of non-ortho nitro benzene ring substituents is 2. The van der Waals surface area contributed by atoms with Crippen molar-refractivity contribution >= 4 is 48.1 Å². The second kappa shape index (κ2) is 13.6. The zero-order chi connectivity index (χ0) is 32.0. The van der Waals surface area contributed by atoms with E-state index in [0.717, 1.165) is 0 Å². The van der Waals surface area contributed by atoms with E-state index in [-0.39, 0.29) is 54.7 Å². The molecule has 4 rings (SSSR count). The number of nitrogens with two attached hydrogens (primary N) is 2. The number of nitro groups is 2. The SMILES string of the molecule is NC(=O)[C@@]1(C2CCN(C(N)=NC(=O)OCc3ccc([N+](=O)[O-])cc3)CC2)C[C@H](S)CN1C(=O)OCc1ccc([N+](=O)[O-])cc1. The molecule has 16 nitrogen and oxygen atoms in total. The fourth-order valence-corrected chi connectivity index (χ4v) is 5.99. The van der Waals surface area contributed by atoms with Gasteiger partial charge in [-0.1, -0.05) is 0 Å². The number of primary amides is 1. The van der Waals surface area contributed by atoms with Gasteiger partial charge < -0.3 is 25.8 Å². The molecule has 234 valence electrons. The van der Waals surface area contributed by atoms with Crippen LogP contribution in [0.15, 0.2) is 53.5 Å². The van der Waals surface area contributed by atoms with E-state index >= 15 is 0 Å². The number of aliphatic imine (C=N–C) groups is 1. The van der Waals surface area contributed by atoms with Crippen LogP contribution in [0, 0.1) is 26.1 Å². The molecule has 0 saturated carbocycles. The molecule has 2 fully saturated rings. The summed E-state index contributed by atoms with van der Waals surface area (Å²) in [5.41, 5.74) is 11.5.